The maximum atomic E-state index is 5.12. The fraction of sp³-hybridized carbons (Fsp3) is 0.556. The van der Waals surface area contributed by atoms with Crippen molar-refractivity contribution in [1.29, 1.82) is 0 Å². The number of anilines is 1. The Balaban J connectivity index is 2.01. The molecule has 0 unspecified atom stereocenters. The van der Waals surface area contributed by atoms with Crippen LogP contribution in [-0.2, 0) is 0 Å². The van der Waals surface area contributed by atoms with E-state index in [9.17, 15) is 0 Å². The van der Waals surface area contributed by atoms with E-state index in [4.69, 9.17) is 12.2 Å². The van der Waals surface area contributed by atoms with E-state index in [2.05, 4.69) is 21.0 Å². The first-order valence-electron chi connectivity index (χ1n) is 5.10. The fourth-order valence-corrected chi connectivity index (χ4v) is 1.72. The van der Waals surface area contributed by atoms with Crippen molar-refractivity contribution in [2.45, 2.75) is 13.0 Å². The standard InChI is InChI=1S/C9H15N5S/c1-2-11-9(15)13-8-3-4-12-14(8)7-5-10-6-7/h3-4,7,10H,2,5-6H2,1H3,(H2,11,13,15). The molecule has 0 amide bonds. The van der Waals surface area contributed by atoms with Crippen molar-refractivity contribution in [2.75, 3.05) is 25.0 Å². The number of nitrogens with zero attached hydrogens (tertiary/aromatic N) is 2. The number of thiocarbonyl (C=S) groups is 1. The minimum Gasteiger partial charge on any atom is -0.363 e. The molecule has 15 heavy (non-hydrogen) atoms. The maximum Gasteiger partial charge on any atom is 0.171 e. The molecule has 1 aromatic heterocycles. The summed E-state index contributed by atoms with van der Waals surface area (Å²) in [6, 6.07) is 2.38. The van der Waals surface area contributed by atoms with Crippen LogP contribution in [0.1, 0.15) is 13.0 Å². The number of rotatable bonds is 3. The summed E-state index contributed by atoms with van der Waals surface area (Å²) < 4.78 is 1.97. The van der Waals surface area contributed by atoms with Gasteiger partial charge in [0.1, 0.15) is 5.82 Å². The number of aromatic nitrogens is 2. The molecule has 5 nitrogen and oxygen atoms in total. The predicted octanol–water partition coefficient (Wildman–Crippen LogP) is 0.334. The van der Waals surface area contributed by atoms with Gasteiger partial charge in [0.2, 0.25) is 0 Å². The monoisotopic (exact) mass is 225 g/mol. The first kappa shape index (κ1) is 10.4. The molecule has 2 heterocycles. The molecule has 0 saturated carbocycles. The van der Waals surface area contributed by atoms with Gasteiger partial charge in [0.05, 0.1) is 12.2 Å². The van der Waals surface area contributed by atoms with Crippen molar-refractivity contribution in [3.8, 4) is 0 Å². The van der Waals surface area contributed by atoms with Gasteiger partial charge in [0.15, 0.2) is 5.11 Å². The van der Waals surface area contributed by atoms with Crippen LogP contribution in [0.25, 0.3) is 0 Å². The number of nitrogens with one attached hydrogen (secondary N) is 3. The van der Waals surface area contributed by atoms with Crippen LogP contribution >= 0.6 is 12.2 Å². The van der Waals surface area contributed by atoms with Gasteiger partial charge in [-0.1, -0.05) is 0 Å². The second kappa shape index (κ2) is 4.59. The molecular formula is C9H15N5S. The summed E-state index contributed by atoms with van der Waals surface area (Å²) in [7, 11) is 0. The van der Waals surface area contributed by atoms with Gasteiger partial charge in [-0.25, -0.2) is 4.68 Å². The first-order chi connectivity index (χ1) is 7.31. The van der Waals surface area contributed by atoms with E-state index < -0.39 is 0 Å². The molecule has 0 bridgehead atoms. The zero-order valence-corrected chi connectivity index (χ0v) is 9.47. The van der Waals surface area contributed by atoms with Crippen molar-refractivity contribution in [3.63, 3.8) is 0 Å². The van der Waals surface area contributed by atoms with Crippen LogP contribution in [0, 0.1) is 0 Å². The van der Waals surface area contributed by atoms with Gasteiger partial charge in [-0.15, -0.1) is 0 Å². The molecular weight excluding hydrogens is 210 g/mol. The molecule has 0 aromatic carbocycles. The third kappa shape index (κ3) is 2.27. The van der Waals surface area contributed by atoms with Gasteiger partial charge >= 0.3 is 0 Å². The fourth-order valence-electron chi connectivity index (χ4n) is 1.47. The lowest BCUT2D eigenvalue weighted by molar-refractivity contribution is 0.322. The molecule has 2 rings (SSSR count). The van der Waals surface area contributed by atoms with Gasteiger partial charge < -0.3 is 16.0 Å². The van der Waals surface area contributed by atoms with Gasteiger partial charge in [0, 0.05) is 25.7 Å². The minimum atomic E-state index is 0.451. The zero-order chi connectivity index (χ0) is 10.7. The van der Waals surface area contributed by atoms with E-state index in [1.54, 1.807) is 6.20 Å². The van der Waals surface area contributed by atoms with Crippen LogP contribution in [0.2, 0.25) is 0 Å². The Morgan fingerprint density at radius 3 is 3.13 bits per heavy atom. The molecule has 82 valence electrons. The molecule has 3 N–H and O–H groups in total. The highest BCUT2D eigenvalue weighted by Crippen LogP contribution is 2.17. The number of hydrogen-bond acceptors (Lipinski definition) is 3. The first-order valence-corrected chi connectivity index (χ1v) is 5.51. The number of hydrogen-bond donors (Lipinski definition) is 3. The molecule has 1 aliphatic rings. The molecule has 6 heteroatoms. The third-order valence-electron chi connectivity index (χ3n) is 2.36. The minimum absolute atomic E-state index is 0.451. The van der Waals surface area contributed by atoms with E-state index in [1.807, 2.05) is 17.7 Å². The highest BCUT2D eigenvalue weighted by Gasteiger charge is 2.21. The van der Waals surface area contributed by atoms with Crippen LogP contribution in [0.4, 0.5) is 5.82 Å². The Labute approximate surface area is 94.2 Å². The van der Waals surface area contributed by atoms with Gasteiger partial charge in [-0.2, -0.15) is 5.10 Å². The van der Waals surface area contributed by atoms with Gasteiger partial charge in [-0.3, -0.25) is 0 Å². The Morgan fingerprint density at radius 2 is 2.53 bits per heavy atom. The topological polar surface area (TPSA) is 53.9 Å². The smallest absolute Gasteiger partial charge is 0.171 e. The molecule has 0 spiro atoms. The average molecular weight is 225 g/mol. The normalized spacial score (nSPS) is 15.8. The van der Waals surface area contributed by atoms with Gasteiger partial charge in [0.25, 0.3) is 0 Å². The summed E-state index contributed by atoms with van der Waals surface area (Å²) in [5, 5.41) is 14.3. The molecule has 0 aliphatic carbocycles. The molecule has 1 saturated heterocycles. The molecule has 0 radical (unpaired) electrons. The van der Waals surface area contributed by atoms with Crippen LogP contribution in [-0.4, -0.2) is 34.5 Å². The largest absolute Gasteiger partial charge is 0.363 e. The summed E-state index contributed by atoms with van der Waals surface area (Å²) in [4.78, 5) is 0. The lowest BCUT2D eigenvalue weighted by atomic mass is 10.2. The van der Waals surface area contributed by atoms with Crippen LogP contribution in [0.3, 0.4) is 0 Å². The van der Waals surface area contributed by atoms with Crippen molar-refractivity contribution in [3.05, 3.63) is 12.3 Å². The Morgan fingerprint density at radius 1 is 1.73 bits per heavy atom. The quantitative estimate of drug-likeness (QED) is 0.647. The molecule has 1 aromatic rings. The second-order valence-corrected chi connectivity index (χ2v) is 3.87. The van der Waals surface area contributed by atoms with Gasteiger partial charge in [-0.05, 0) is 19.1 Å². The Bertz CT molecular complexity index is 344. The Hall–Kier alpha value is -1.14. The van der Waals surface area contributed by atoms with E-state index >= 15 is 0 Å². The third-order valence-corrected chi connectivity index (χ3v) is 2.60. The lowest BCUT2D eigenvalue weighted by Crippen LogP contribution is -2.44. The molecule has 1 fully saturated rings. The van der Waals surface area contributed by atoms with E-state index in [0.717, 1.165) is 25.5 Å². The summed E-state index contributed by atoms with van der Waals surface area (Å²) in [6.07, 6.45) is 1.79. The molecule has 0 atom stereocenters. The lowest BCUT2D eigenvalue weighted by Gasteiger charge is -2.28. The second-order valence-electron chi connectivity index (χ2n) is 3.46. The van der Waals surface area contributed by atoms with E-state index in [1.165, 1.54) is 0 Å². The maximum absolute atomic E-state index is 5.12. The SMILES string of the molecule is CCNC(=S)Nc1ccnn1C1CNC1. The molecule has 1 aliphatic heterocycles. The van der Waals surface area contributed by atoms with Crippen molar-refractivity contribution < 1.29 is 0 Å². The highest BCUT2D eigenvalue weighted by atomic mass is 32.1. The summed E-state index contributed by atoms with van der Waals surface area (Å²) in [6.45, 7) is 4.79. The Kier molecular flexibility index (Phi) is 3.17. The van der Waals surface area contributed by atoms with E-state index in [-0.39, 0.29) is 0 Å². The van der Waals surface area contributed by atoms with Crippen molar-refractivity contribution in [1.82, 2.24) is 20.4 Å². The van der Waals surface area contributed by atoms with Crippen LogP contribution in [0.5, 0.6) is 0 Å². The van der Waals surface area contributed by atoms with Crippen molar-refractivity contribution >= 4 is 23.1 Å². The van der Waals surface area contributed by atoms with Crippen molar-refractivity contribution in [2.24, 2.45) is 0 Å². The summed E-state index contributed by atoms with van der Waals surface area (Å²) in [5.41, 5.74) is 0. The average Bonchev–Trinajstić information content (AvgIpc) is 2.51. The van der Waals surface area contributed by atoms with Crippen LogP contribution < -0.4 is 16.0 Å². The van der Waals surface area contributed by atoms with E-state index in [0.29, 0.717) is 11.2 Å². The zero-order valence-electron chi connectivity index (χ0n) is 8.66. The summed E-state index contributed by atoms with van der Waals surface area (Å²) >= 11 is 5.12. The summed E-state index contributed by atoms with van der Waals surface area (Å²) in [5.74, 6) is 0.951. The predicted molar refractivity (Wildman–Crippen MR) is 64.0 cm³/mol. The highest BCUT2D eigenvalue weighted by molar-refractivity contribution is 7.80. The van der Waals surface area contributed by atoms with Crippen LogP contribution in [0.15, 0.2) is 12.3 Å².